The number of carbonyl (C=O) groups excluding carboxylic acids is 1. The third-order valence-electron chi connectivity index (χ3n) is 4.02. The number of piperazine rings is 1. The predicted octanol–water partition coefficient (Wildman–Crippen LogP) is -0.380. The van der Waals surface area contributed by atoms with Crippen molar-refractivity contribution in [3.63, 3.8) is 0 Å². The number of anilines is 1. The number of aliphatic hydroxyl groups is 2. The summed E-state index contributed by atoms with van der Waals surface area (Å²) in [6, 6.07) is 9.62. The average molecular weight is 307 g/mol. The number of β-amino-alcohol motifs (C(OH)–C–C–N with tert-alkyl or cyclic N) is 1. The third kappa shape index (κ3) is 4.78. The molecule has 1 amide bonds. The van der Waals surface area contributed by atoms with Gasteiger partial charge in [0.1, 0.15) is 0 Å². The third-order valence-corrected chi connectivity index (χ3v) is 4.02. The van der Waals surface area contributed by atoms with Gasteiger partial charge in [-0.15, -0.1) is 0 Å². The predicted molar refractivity (Wildman–Crippen MR) is 85.8 cm³/mol. The topological polar surface area (TPSA) is 67.3 Å². The first kappa shape index (κ1) is 16.9. The van der Waals surface area contributed by atoms with Gasteiger partial charge < -0.3 is 15.1 Å². The number of aliphatic hydroxyl groups excluding tert-OH is 2. The highest BCUT2D eigenvalue weighted by Gasteiger charge is 2.22. The van der Waals surface area contributed by atoms with Gasteiger partial charge in [-0.1, -0.05) is 18.2 Å². The summed E-state index contributed by atoms with van der Waals surface area (Å²) in [7, 11) is 1.80. The first-order chi connectivity index (χ1) is 10.6. The minimum Gasteiger partial charge on any atom is -0.394 e. The Labute approximate surface area is 131 Å². The van der Waals surface area contributed by atoms with Gasteiger partial charge in [0, 0.05) is 45.5 Å². The van der Waals surface area contributed by atoms with Gasteiger partial charge >= 0.3 is 0 Å². The molecule has 1 aliphatic rings. The molecule has 1 heterocycles. The van der Waals surface area contributed by atoms with E-state index in [1.54, 1.807) is 11.9 Å². The van der Waals surface area contributed by atoms with Crippen LogP contribution in [-0.4, -0.2) is 84.9 Å². The van der Waals surface area contributed by atoms with Gasteiger partial charge in [0.05, 0.1) is 19.3 Å². The molecule has 1 atom stereocenters. The number of amides is 1. The van der Waals surface area contributed by atoms with Crippen molar-refractivity contribution >= 4 is 11.6 Å². The normalized spacial score (nSPS) is 18.1. The van der Waals surface area contributed by atoms with E-state index in [9.17, 15) is 9.90 Å². The second-order valence-corrected chi connectivity index (χ2v) is 5.70. The van der Waals surface area contributed by atoms with Gasteiger partial charge in [-0.3, -0.25) is 14.6 Å². The molecular formula is C16H25N3O3. The fraction of sp³-hybridized carbons (Fsp3) is 0.562. The fourth-order valence-electron chi connectivity index (χ4n) is 2.58. The van der Waals surface area contributed by atoms with E-state index in [1.165, 1.54) is 0 Å². The highest BCUT2D eigenvalue weighted by atomic mass is 16.3. The van der Waals surface area contributed by atoms with Crippen molar-refractivity contribution in [2.75, 3.05) is 57.8 Å². The van der Waals surface area contributed by atoms with Crippen LogP contribution >= 0.6 is 0 Å². The molecule has 1 saturated heterocycles. The molecule has 6 nitrogen and oxygen atoms in total. The van der Waals surface area contributed by atoms with E-state index in [0.717, 1.165) is 31.9 Å². The number of nitrogens with zero attached hydrogens (tertiary/aromatic N) is 3. The zero-order chi connectivity index (χ0) is 15.9. The maximum Gasteiger partial charge on any atom is 0.240 e. The van der Waals surface area contributed by atoms with Crippen LogP contribution in [0.15, 0.2) is 30.3 Å². The number of hydrogen-bond acceptors (Lipinski definition) is 5. The van der Waals surface area contributed by atoms with Crippen LogP contribution in [-0.2, 0) is 4.79 Å². The monoisotopic (exact) mass is 307 g/mol. The fourth-order valence-corrected chi connectivity index (χ4v) is 2.58. The first-order valence-electron chi connectivity index (χ1n) is 7.65. The van der Waals surface area contributed by atoms with Crippen molar-refractivity contribution in [2.24, 2.45) is 0 Å². The van der Waals surface area contributed by atoms with E-state index in [-0.39, 0.29) is 12.5 Å². The summed E-state index contributed by atoms with van der Waals surface area (Å²) in [5.74, 6) is 0.0787. The van der Waals surface area contributed by atoms with Gasteiger partial charge in [0.15, 0.2) is 0 Å². The number of para-hydroxylation sites is 1. The van der Waals surface area contributed by atoms with Crippen LogP contribution in [0.4, 0.5) is 5.69 Å². The largest absolute Gasteiger partial charge is 0.394 e. The minimum absolute atomic E-state index is 0.0787. The van der Waals surface area contributed by atoms with E-state index >= 15 is 0 Å². The SMILES string of the molecule is CN(C(=O)CN1CCN(CC(O)CO)CC1)c1ccccc1. The Morgan fingerprint density at radius 3 is 2.36 bits per heavy atom. The Morgan fingerprint density at radius 1 is 1.18 bits per heavy atom. The van der Waals surface area contributed by atoms with Crippen molar-refractivity contribution in [3.05, 3.63) is 30.3 Å². The molecule has 122 valence electrons. The van der Waals surface area contributed by atoms with Crippen molar-refractivity contribution in [1.29, 1.82) is 0 Å². The zero-order valence-corrected chi connectivity index (χ0v) is 13.1. The summed E-state index contributed by atoms with van der Waals surface area (Å²) in [5.41, 5.74) is 0.900. The number of likely N-dealkylation sites (N-methyl/N-ethyl adjacent to an activating group) is 1. The molecule has 2 N–H and O–H groups in total. The maximum atomic E-state index is 12.3. The van der Waals surface area contributed by atoms with Crippen LogP contribution in [0.25, 0.3) is 0 Å². The molecule has 0 aliphatic carbocycles. The molecule has 6 heteroatoms. The van der Waals surface area contributed by atoms with Gasteiger partial charge in [0.25, 0.3) is 0 Å². The smallest absolute Gasteiger partial charge is 0.240 e. The lowest BCUT2D eigenvalue weighted by Crippen LogP contribution is -2.51. The van der Waals surface area contributed by atoms with Crippen LogP contribution in [0.5, 0.6) is 0 Å². The average Bonchev–Trinajstić information content (AvgIpc) is 2.56. The zero-order valence-electron chi connectivity index (χ0n) is 13.1. The summed E-state index contributed by atoms with van der Waals surface area (Å²) in [6.07, 6.45) is -0.683. The Morgan fingerprint density at radius 2 is 1.77 bits per heavy atom. The van der Waals surface area contributed by atoms with Crippen LogP contribution in [0.1, 0.15) is 0 Å². The Hall–Kier alpha value is -1.47. The molecule has 1 aromatic carbocycles. The van der Waals surface area contributed by atoms with Gasteiger partial charge in [-0.05, 0) is 12.1 Å². The maximum absolute atomic E-state index is 12.3. The molecule has 1 aromatic rings. The molecule has 1 aliphatic heterocycles. The lowest BCUT2D eigenvalue weighted by molar-refractivity contribution is -0.119. The molecule has 0 bridgehead atoms. The summed E-state index contributed by atoms with van der Waals surface area (Å²) in [5, 5.41) is 18.3. The molecule has 0 spiro atoms. The van der Waals surface area contributed by atoms with E-state index in [0.29, 0.717) is 13.1 Å². The lowest BCUT2D eigenvalue weighted by atomic mass is 10.2. The molecule has 0 saturated carbocycles. The Kier molecular flexibility index (Phi) is 6.33. The number of carbonyl (C=O) groups is 1. The molecule has 22 heavy (non-hydrogen) atoms. The van der Waals surface area contributed by atoms with Crippen molar-refractivity contribution in [3.8, 4) is 0 Å². The van der Waals surface area contributed by atoms with E-state index < -0.39 is 6.10 Å². The molecular weight excluding hydrogens is 282 g/mol. The lowest BCUT2D eigenvalue weighted by Gasteiger charge is -2.35. The quantitative estimate of drug-likeness (QED) is 0.750. The summed E-state index contributed by atoms with van der Waals surface area (Å²) in [6.45, 7) is 3.89. The van der Waals surface area contributed by atoms with Crippen molar-refractivity contribution in [2.45, 2.75) is 6.10 Å². The van der Waals surface area contributed by atoms with Crippen LogP contribution < -0.4 is 4.90 Å². The number of hydrogen-bond donors (Lipinski definition) is 2. The van der Waals surface area contributed by atoms with Crippen molar-refractivity contribution in [1.82, 2.24) is 9.80 Å². The van der Waals surface area contributed by atoms with Crippen LogP contribution in [0, 0.1) is 0 Å². The Bertz CT molecular complexity index is 461. The first-order valence-corrected chi connectivity index (χ1v) is 7.65. The highest BCUT2D eigenvalue weighted by molar-refractivity contribution is 5.94. The summed E-state index contributed by atoms with van der Waals surface area (Å²) in [4.78, 5) is 18.2. The molecule has 1 unspecified atom stereocenters. The molecule has 0 radical (unpaired) electrons. The van der Waals surface area contributed by atoms with Crippen LogP contribution in [0.2, 0.25) is 0 Å². The van der Waals surface area contributed by atoms with E-state index in [4.69, 9.17) is 5.11 Å². The molecule has 2 rings (SSSR count). The summed E-state index contributed by atoms with van der Waals surface area (Å²) < 4.78 is 0. The van der Waals surface area contributed by atoms with Gasteiger partial charge in [-0.2, -0.15) is 0 Å². The van der Waals surface area contributed by atoms with E-state index in [2.05, 4.69) is 9.80 Å². The van der Waals surface area contributed by atoms with Gasteiger partial charge in [0.2, 0.25) is 5.91 Å². The Balaban J connectivity index is 1.77. The van der Waals surface area contributed by atoms with Gasteiger partial charge in [-0.25, -0.2) is 0 Å². The standard InChI is InChI=1S/C16H25N3O3/c1-17(14-5-3-2-4-6-14)16(22)12-19-9-7-18(8-10-19)11-15(21)13-20/h2-6,15,20-21H,7-13H2,1H3. The highest BCUT2D eigenvalue weighted by Crippen LogP contribution is 2.12. The molecule has 0 aromatic heterocycles. The van der Waals surface area contributed by atoms with Crippen molar-refractivity contribution < 1.29 is 15.0 Å². The van der Waals surface area contributed by atoms with E-state index in [1.807, 2.05) is 30.3 Å². The number of rotatable bonds is 6. The second kappa shape index (κ2) is 8.24. The molecule has 1 fully saturated rings. The number of benzene rings is 1. The summed E-state index contributed by atoms with van der Waals surface area (Å²) >= 11 is 0. The second-order valence-electron chi connectivity index (χ2n) is 5.70. The minimum atomic E-state index is -0.683. The van der Waals surface area contributed by atoms with Crippen LogP contribution in [0.3, 0.4) is 0 Å².